The molecular formula is C18H35N2O3+. The van der Waals surface area contributed by atoms with Crippen LogP contribution in [0.5, 0.6) is 0 Å². The summed E-state index contributed by atoms with van der Waals surface area (Å²) in [7, 11) is 1.80. The van der Waals surface area contributed by atoms with Crippen LogP contribution in [0.25, 0.3) is 0 Å². The first-order valence-corrected chi connectivity index (χ1v) is 9.14. The maximum absolute atomic E-state index is 10.9. The highest BCUT2D eigenvalue weighted by Gasteiger charge is 2.49. The average molecular weight is 327 g/mol. The molecule has 2 fully saturated rings. The number of hydrogen-bond donors (Lipinski definition) is 2. The summed E-state index contributed by atoms with van der Waals surface area (Å²) in [6, 6.07) is 0.847. The van der Waals surface area contributed by atoms with E-state index in [9.17, 15) is 4.79 Å². The van der Waals surface area contributed by atoms with Crippen LogP contribution in [0.2, 0.25) is 0 Å². The first-order chi connectivity index (χ1) is 10.8. The Bertz CT molecular complexity index is 390. The van der Waals surface area contributed by atoms with Crippen LogP contribution in [0.1, 0.15) is 59.3 Å². The summed E-state index contributed by atoms with van der Waals surface area (Å²) in [5.41, 5.74) is 0.215. The van der Waals surface area contributed by atoms with Crippen LogP contribution in [0.3, 0.4) is 0 Å². The largest absolute Gasteiger partial charge is 0.465 e. The Kier molecular flexibility index (Phi) is 5.95. The van der Waals surface area contributed by atoms with Gasteiger partial charge in [0.05, 0.1) is 24.7 Å². The minimum Gasteiger partial charge on any atom is -0.465 e. The lowest BCUT2D eigenvalue weighted by Crippen LogP contribution is -2.69. The number of methoxy groups -OCH3 is 1. The smallest absolute Gasteiger partial charge is 0.404 e. The molecule has 0 aromatic carbocycles. The van der Waals surface area contributed by atoms with Gasteiger partial charge in [0.25, 0.3) is 0 Å². The Morgan fingerprint density at radius 2 is 1.70 bits per heavy atom. The number of hydrogen-bond acceptors (Lipinski definition) is 2. The molecule has 0 aromatic heterocycles. The molecule has 0 bridgehead atoms. The van der Waals surface area contributed by atoms with Gasteiger partial charge in [0.1, 0.15) is 0 Å². The van der Waals surface area contributed by atoms with E-state index >= 15 is 0 Å². The van der Waals surface area contributed by atoms with Gasteiger partial charge in [-0.1, -0.05) is 0 Å². The van der Waals surface area contributed by atoms with Crippen LogP contribution in [0.15, 0.2) is 0 Å². The summed E-state index contributed by atoms with van der Waals surface area (Å²) >= 11 is 0. The number of piperidine rings is 1. The van der Waals surface area contributed by atoms with E-state index in [4.69, 9.17) is 9.84 Å². The van der Waals surface area contributed by atoms with Crippen LogP contribution in [0, 0.1) is 5.92 Å². The summed E-state index contributed by atoms with van der Waals surface area (Å²) < 4.78 is 6.49. The van der Waals surface area contributed by atoms with E-state index in [-0.39, 0.29) is 11.6 Å². The van der Waals surface area contributed by atoms with Crippen LogP contribution in [-0.4, -0.2) is 60.1 Å². The minimum absolute atomic E-state index is 0.130. The number of carbonyl (C=O) groups is 1. The van der Waals surface area contributed by atoms with Crippen molar-refractivity contribution in [3.05, 3.63) is 0 Å². The Labute approximate surface area is 141 Å². The first-order valence-electron chi connectivity index (χ1n) is 9.14. The van der Waals surface area contributed by atoms with Crippen molar-refractivity contribution in [3.63, 3.8) is 0 Å². The molecule has 1 saturated heterocycles. The number of quaternary nitrogens is 1. The molecule has 1 amide bonds. The van der Waals surface area contributed by atoms with E-state index in [1.807, 2.05) is 0 Å². The lowest BCUT2D eigenvalue weighted by atomic mass is 9.80. The molecule has 1 saturated carbocycles. The molecule has 23 heavy (non-hydrogen) atoms. The van der Waals surface area contributed by atoms with Crippen molar-refractivity contribution in [2.24, 2.45) is 5.92 Å². The van der Waals surface area contributed by atoms with Crippen molar-refractivity contribution in [1.82, 2.24) is 5.32 Å². The highest BCUT2D eigenvalue weighted by Crippen LogP contribution is 2.40. The Morgan fingerprint density at radius 3 is 2.13 bits per heavy atom. The van der Waals surface area contributed by atoms with E-state index < -0.39 is 6.09 Å². The zero-order chi connectivity index (χ0) is 17.1. The molecule has 2 rings (SSSR count). The second-order valence-corrected chi connectivity index (χ2v) is 8.51. The molecule has 1 aliphatic heterocycles. The predicted octanol–water partition coefficient (Wildman–Crippen LogP) is 3.24. The summed E-state index contributed by atoms with van der Waals surface area (Å²) in [6.07, 6.45) is 6.13. The van der Waals surface area contributed by atoms with E-state index in [1.165, 1.54) is 25.7 Å². The number of likely N-dealkylation sites (tertiary alicyclic amines) is 1. The molecule has 5 nitrogen and oxygen atoms in total. The Balaban J connectivity index is 2.03. The van der Waals surface area contributed by atoms with Crippen LogP contribution in [0.4, 0.5) is 4.79 Å². The van der Waals surface area contributed by atoms with Gasteiger partial charge >= 0.3 is 6.09 Å². The third-order valence-electron chi connectivity index (χ3n) is 6.33. The molecule has 0 atom stereocenters. The number of carboxylic acid groups (broad SMARTS) is 1. The molecule has 1 heterocycles. The van der Waals surface area contributed by atoms with Crippen molar-refractivity contribution >= 4 is 6.09 Å². The van der Waals surface area contributed by atoms with Crippen molar-refractivity contribution in [2.45, 2.75) is 76.9 Å². The van der Waals surface area contributed by atoms with Crippen molar-refractivity contribution in [3.8, 4) is 0 Å². The fraction of sp³-hybridized carbons (Fsp3) is 0.944. The molecule has 2 N–H and O–H groups in total. The van der Waals surface area contributed by atoms with Gasteiger partial charge in [-0.2, -0.15) is 0 Å². The summed E-state index contributed by atoms with van der Waals surface area (Å²) in [5, 5.41) is 11.6. The first kappa shape index (κ1) is 18.5. The van der Waals surface area contributed by atoms with E-state index in [0.29, 0.717) is 6.04 Å². The monoisotopic (exact) mass is 327 g/mol. The maximum atomic E-state index is 10.9. The highest BCUT2D eigenvalue weighted by molar-refractivity contribution is 5.64. The quantitative estimate of drug-likeness (QED) is 0.779. The lowest BCUT2D eigenvalue weighted by Gasteiger charge is -2.57. The standard InChI is InChI=1S/C18H34N2O3/c1-18(2,3)20(11-9-15(10-12-20)19-17(21)22)16-7-5-14(6-8-16)13-23-4/h14-16,19H,5-13H2,1-4H3/p+1. The van der Waals surface area contributed by atoms with E-state index in [2.05, 4.69) is 26.1 Å². The second kappa shape index (κ2) is 7.39. The van der Waals surface area contributed by atoms with Gasteiger partial charge in [-0.3, -0.25) is 0 Å². The normalized spacial score (nSPS) is 35.7. The zero-order valence-corrected chi connectivity index (χ0v) is 15.3. The van der Waals surface area contributed by atoms with Crippen molar-refractivity contribution < 1.29 is 19.1 Å². The molecular weight excluding hydrogens is 292 g/mol. The van der Waals surface area contributed by atoms with Crippen molar-refractivity contribution in [1.29, 1.82) is 0 Å². The summed E-state index contributed by atoms with van der Waals surface area (Å²) in [6.45, 7) is 10.2. The van der Waals surface area contributed by atoms with Crippen LogP contribution < -0.4 is 5.32 Å². The Morgan fingerprint density at radius 1 is 1.13 bits per heavy atom. The third-order valence-corrected chi connectivity index (χ3v) is 6.33. The van der Waals surface area contributed by atoms with Crippen molar-refractivity contribution in [2.75, 3.05) is 26.8 Å². The zero-order valence-electron chi connectivity index (χ0n) is 15.3. The van der Waals surface area contributed by atoms with E-state index in [1.54, 1.807) is 7.11 Å². The number of nitrogens with one attached hydrogen (secondary N) is 1. The maximum Gasteiger partial charge on any atom is 0.404 e. The van der Waals surface area contributed by atoms with E-state index in [0.717, 1.165) is 42.9 Å². The number of ether oxygens (including phenoxy) is 1. The van der Waals surface area contributed by atoms with Gasteiger partial charge in [0.15, 0.2) is 0 Å². The molecule has 0 unspecified atom stereocenters. The number of nitrogens with zero attached hydrogens (tertiary/aromatic N) is 1. The fourth-order valence-electron chi connectivity index (χ4n) is 4.97. The van der Waals surface area contributed by atoms with Gasteiger partial charge < -0.3 is 19.6 Å². The summed E-state index contributed by atoms with van der Waals surface area (Å²) in [5.74, 6) is 0.725. The summed E-state index contributed by atoms with van der Waals surface area (Å²) in [4.78, 5) is 10.9. The molecule has 0 radical (unpaired) electrons. The minimum atomic E-state index is -0.883. The molecule has 1 aliphatic carbocycles. The molecule has 5 heteroatoms. The lowest BCUT2D eigenvalue weighted by molar-refractivity contribution is -0.997. The predicted molar refractivity (Wildman–Crippen MR) is 91.6 cm³/mol. The molecule has 0 aromatic rings. The fourth-order valence-corrected chi connectivity index (χ4v) is 4.97. The highest BCUT2D eigenvalue weighted by atomic mass is 16.5. The van der Waals surface area contributed by atoms with Gasteiger partial charge in [-0.05, 0) is 52.4 Å². The topological polar surface area (TPSA) is 58.6 Å². The average Bonchev–Trinajstić information content (AvgIpc) is 2.47. The van der Waals surface area contributed by atoms with Crippen LogP contribution >= 0.6 is 0 Å². The number of rotatable bonds is 4. The molecule has 2 aliphatic rings. The van der Waals surface area contributed by atoms with Gasteiger partial charge in [0.2, 0.25) is 0 Å². The van der Waals surface area contributed by atoms with Gasteiger partial charge in [0, 0.05) is 32.6 Å². The van der Waals surface area contributed by atoms with Gasteiger partial charge in [-0.15, -0.1) is 0 Å². The second-order valence-electron chi connectivity index (χ2n) is 8.51. The molecule has 134 valence electrons. The SMILES string of the molecule is COCC1CCC([N+]2(C(C)(C)C)CCC(NC(=O)O)CC2)CC1. The van der Waals surface area contributed by atoms with Crippen LogP contribution in [-0.2, 0) is 4.74 Å². The molecule has 0 spiro atoms. The Hall–Kier alpha value is -0.810. The third kappa shape index (κ3) is 4.18. The number of amides is 1. The van der Waals surface area contributed by atoms with Gasteiger partial charge in [-0.25, -0.2) is 4.79 Å².